The molecule has 2 aliphatic rings. The minimum Gasteiger partial charge on any atom is -0.324 e. The van der Waals surface area contributed by atoms with E-state index in [4.69, 9.17) is 0 Å². The highest BCUT2D eigenvalue weighted by atomic mass is 16.2. The number of anilines is 1. The molecule has 0 unspecified atom stereocenters. The highest BCUT2D eigenvalue weighted by Gasteiger charge is 2.51. The largest absolute Gasteiger partial charge is 0.324 e. The second-order valence-corrected chi connectivity index (χ2v) is 4.39. The lowest BCUT2D eigenvalue weighted by Gasteiger charge is -2.29. The van der Waals surface area contributed by atoms with E-state index in [-0.39, 0.29) is 11.4 Å². The first kappa shape index (κ1) is 8.92. The van der Waals surface area contributed by atoms with Crippen LogP contribution >= 0.6 is 0 Å². The standard InChI is InChI=1S/C12H14N2O/c1-14-8-4-7-12(14)9-5-2-3-6-10(9)13-11(12)15/h2-3,5-6H,4,7-8H2,1H3,(H,13,15)/t12-/m1/s1. The highest BCUT2D eigenvalue weighted by Crippen LogP contribution is 2.45. The summed E-state index contributed by atoms with van der Waals surface area (Å²) in [5, 5.41) is 2.98. The Hall–Kier alpha value is -1.35. The Balaban J connectivity index is 2.21. The Kier molecular flexibility index (Phi) is 1.68. The quantitative estimate of drug-likeness (QED) is 0.692. The van der Waals surface area contributed by atoms with Gasteiger partial charge in [0.1, 0.15) is 5.54 Å². The minimum absolute atomic E-state index is 0.142. The van der Waals surface area contributed by atoms with Crippen molar-refractivity contribution in [3.8, 4) is 0 Å². The van der Waals surface area contributed by atoms with Crippen LogP contribution in [0.4, 0.5) is 5.69 Å². The van der Waals surface area contributed by atoms with Crippen LogP contribution in [0, 0.1) is 0 Å². The zero-order chi connectivity index (χ0) is 10.5. The molecule has 0 aromatic heterocycles. The summed E-state index contributed by atoms with van der Waals surface area (Å²) in [5.41, 5.74) is 1.75. The van der Waals surface area contributed by atoms with Crippen LogP contribution in [0.2, 0.25) is 0 Å². The van der Waals surface area contributed by atoms with Crippen LogP contribution in [-0.2, 0) is 10.3 Å². The molecule has 1 aromatic carbocycles. The van der Waals surface area contributed by atoms with Crippen molar-refractivity contribution < 1.29 is 4.79 Å². The zero-order valence-electron chi connectivity index (χ0n) is 8.79. The smallest absolute Gasteiger partial charge is 0.249 e. The molecular formula is C12H14N2O. The number of nitrogens with zero attached hydrogens (tertiary/aromatic N) is 1. The summed E-state index contributed by atoms with van der Waals surface area (Å²) in [4.78, 5) is 14.3. The topological polar surface area (TPSA) is 32.3 Å². The number of para-hydroxylation sites is 1. The monoisotopic (exact) mass is 202 g/mol. The van der Waals surface area contributed by atoms with Gasteiger partial charge in [0.25, 0.3) is 0 Å². The molecule has 0 aliphatic carbocycles. The van der Waals surface area contributed by atoms with Crippen LogP contribution < -0.4 is 5.32 Å². The number of hydrogen-bond donors (Lipinski definition) is 1. The van der Waals surface area contributed by atoms with Gasteiger partial charge in [-0.3, -0.25) is 9.69 Å². The number of likely N-dealkylation sites (N-methyl/N-ethyl adjacent to an activating group) is 1. The third-order valence-corrected chi connectivity index (χ3v) is 3.68. The van der Waals surface area contributed by atoms with E-state index in [1.54, 1.807) is 0 Å². The second-order valence-electron chi connectivity index (χ2n) is 4.39. The summed E-state index contributed by atoms with van der Waals surface area (Å²) in [6, 6.07) is 8.02. The molecule has 3 heteroatoms. The molecule has 1 atom stereocenters. The molecule has 0 bridgehead atoms. The average Bonchev–Trinajstić information content (AvgIpc) is 2.74. The number of carbonyl (C=O) groups excluding carboxylic acids is 1. The molecule has 3 nitrogen and oxygen atoms in total. The normalized spacial score (nSPS) is 29.5. The summed E-state index contributed by atoms with van der Waals surface area (Å²) in [7, 11) is 2.04. The average molecular weight is 202 g/mol. The van der Waals surface area contributed by atoms with Gasteiger partial charge in [-0.05, 0) is 32.5 Å². The van der Waals surface area contributed by atoms with E-state index < -0.39 is 0 Å². The van der Waals surface area contributed by atoms with Crippen LogP contribution in [0.3, 0.4) is 0 Å². The molecule has 2 heterocycles. The van der Waals surface area contributed by atoms with E-state index in [0.29, 0.717) is 0 Å². The van der Waals surface area contributed by atoms with Crippen molar-refractivity contribution in [2.75, 3.05) is 18.9 Å². The second kappa shape index (κ2) is 2.83. The van der Waals surface area contributed by atoms with Crippen LogP contribution in [-0.4, -0.2) is 24.4 Å². The van der Waals surface area contributed by atoms with E-state index in [1.807, 2.05) is 25.2 Å². The Bertz CT molecular complexity index is 429. The van der Waals surface area contributed by atoms with Gasteiger partial charge in [-0.15, -0.1) is 0 Å². The molecule has 0 radical (unpaired) electrons. The van der Waals surface area contributed by atoms with Gasteiger partial charge in [-0.2, -0.15) is 0 Å². The van der Waals surface area contributed by atoms with Crippen molar-refractivity contribution in [2.45, 2.75) is 18.4 Å². The van der Waals surface area contributed by atoms with E-state index >= 15 is 0 Å². The number of benzene rings is 1. The predicted molar refractivity (Wildman–Crippen MR) is 58.6 cm³/mol. The van der Waals surface area contributed by atoms with E-state index in [9.17, 15) is 4.79 Å². The zero-order valence-corrected chi connectivity index (χ0v) is 8.79. The van der Waals surface area contributed by atoms with Crippen molar-refractivity contribution >= 4 is 11.6 Å². The van der Waals surface area contributed by atoms with Gasteiger partial charge < -0.3 is 5.32 Å². The van der Waals surface area contributed by atoms with E-state index in [0.717, 1.165) is 30.6 Å². The molecule has 1 saturated heterocycles. The number of amides is 1. The fraction of sp³-hybridized carbons (Fsp3) is 0.417. The number of nitrogens with one attached hydrogen (secondary N) is 1. The van der Waals surface area contributed by atoms with Gasteiger partial charge in [0.2, 0.25) is 5.91 Å². The number of hydrogen-bond acceptors (Lipinski definition) is 2. The molecule has 1 fully saturated rings. The number of rotatable bonds is 0. The summed E-state index contributed by atoms with van der Waals surface area (Å²) >= 11 is 0. The summed E-state index contributed by atoms with van der Waals surface area (Å²) in [6.07, 6.45) is 2.03. The molecule has 1 aromatic rings. The van der Waals surface area contributed by atoms with Crippen molar-refractivity contribution in [3.05, 3.63) is 29.8 Å². The van der Waals surface area contributed by atoms with Crippen molar-refractivity contribution in [1.29, 1.82) is 0 Å². The van der Waals surface area contributed by atoms with Crippen LogP contribution in [0.15, 0.2) is 24.3 Å². The van der Waals surface area contributed by atoms with Crippen molar-refractivity contribution in [2.24, 2.45) is 0 Å². The SMILES string of the molecule is CN1CCC[C@@]12C(=O)Nc1ccccc12. The maximum Gasteiger partial charge on any atom is 0.249 e. The molecule has 78 valence electrons. The van der Waals surface area contributed by atoms with E-state index in [2.05, 4.69) is 16.3 Å². The molecule has 1 amide bonds. The van der Waals surface area contributed by atoms with Crippen LogP contribution in [0.1, 0.15) is 18.4 Å². The van der Waals surface area contributed by atoms with Gasteiger partial charge in [0.15, 0.2) is 0 Å². The molecule has 15 heavy (non-hydrogen) atoms. The lowest BCUT2D eigenvalue weighted by atomic mass is 9.89. The predicted octanol–water partition coefficient (Wildman–Crippen LogP) is 1.56. The van der Waals surface area contributed by atoms with Crippen LogP contribution in [0.25, 0.3) is 0 Å². The Labute approximate surface area is 89.1 Å². The van der Waals surface area contributed by atoms with Gasteiger partial charge >= 0.3 is 0 Å². The Morgan fingerprint density at radius 1 is 1.40 bits per heavy atom. The van der Waals surface area contributed by atoms with Gasteiger partial charge in [-0.25, -0.2) is 0 Å². The number of carbonyl (C=O) groups is 1. The summed E-state index contributed by atoms with van der Waals surface area (Å²) in [5.74, 6) is 0.142. The minimum atomic E-state index is -0.378. The lowest BCUT2D eigenvalue weighted by Crippen LogP contribution is -2.44. The van der Waals surface area contributed by atoms with E-state index in [1.165, 1.54) is 0 Å². The summed E-state index contributed by atoms with van der Waals surface area (Å²) in [6.45, 7) is 1.00. The Morgan fingerprint density at radius 2 is 2.20 bits per heavy atom. The molecule has 1 spiro atoms. The van der Waals surface area contributed by atoms with Crippen LogP contribution in [0.5, 0.6) is 0 Å². The molecule has 2 aliphatic heterocycles. The van der Waals surface area contributed by atoms with Gasteiger partial charge in [0.05, 0.1) is 0 Å². The highest BCUT2D eigenvalue weighted by molar-refractivity contribution is 6.06. The maximum atomic E-state index is 12.1. The molecular weight excluding hydrogens is 188 g/mol. The molecule has 3 rings (SSSR count). The van der Waals surface area contributed by atoms with Gasteiger partial charge in [-0.1, -0.05) is 18.2 Å². The molecule has 0 saturated carbocycles. The lowest BCUT2D eigenvalue weighted by molar-refractivity contribution is -0.125. The number of likely N-dealkylation sites (tertiary alicyclic amines) is 1. The summed E-state index contributed by atoms with van der Waals surface area (Å²) < 4.78 is 0. The maximum absolute atomic E-state index is 12.1. The number of fused-ring (bicyclic) bond motifs is 2. The first-order chi connectivity index (χ1) is 7.25. The fourth-order valence-corrected chi connectivity index (χ4v) is 2.88. The van der Waals surface area contributed by atoms with Crippen molar-refractivity contribution in [3.63, 3.8) is 0 Å². The fourth-order valence-electron chi connectivity index (χ4n) is 2.88. The first-order valence-electron chi connectivity index (χ1n) is 5.37. The van der Waals surface area contributed by atoms with Gasteiger partial charge in [0, 0.05) is 11.3 Å². The third-order valence-electron chi connectivity index (χ3n) is 3.68. The Morgan fingerprint density at radius 3 is 2.93 bits per heavy atom. The van der Waals surface area contributed by atoms with Crippen molar-refractivity contribution in [1.82, 2.24) is 4.90 Å². The third kappa shape index (κ3) is 0.960. The first-order valence-corrected chi connectivity index (χ1v) is 5.37. The molecule has 1 N–H and O–H groups in total.